The van der Waals surface area contributed by atoms with Crippen LogP contribution in [0.3, 0.4) is 0 Å². The van der Waals surface area contributed by atoms with E-state index in [2.05, 4.69) is 56.1 Å². The number of nitrogens with one attached hydrogen (secondary N) is 1. The van der Waals surface area contributed by atoms with Crippen LogP contribution in [0.4, 0.5) is 0 Å². The highest BCUT2D eigenvalue weighted by Gasteiger charge is 2.18. The third-order valence-electron chi connectivity index (χ3n) is 4.35. The van der Waals surface area contributed by atoms with Crippen LogP contribution < -0.4 is 5.32 Å². The lowest BCUT2D eigenvalue weighted by Gasteiger charge is -2.32. The van der Waals surface area contributed by atoms with E-state index in [0.29, 0.717) is 6.04 Å². The molecule has 0 saturated carbocycles. The topological polar surface area (TPSA) is 15.3 Å². The van der Waals surface area contributed by atoms with E-state index >= 15 is 0 Å². The normalized spacial score (nSPS) is 14.6. The summed E-state index contributed by atoms with van der Waals surface area (Å²) in [5.41, 5.74) is 4.45. The molecule has 1 N–H and O–H groups in total. The highest BCUT2D eigenvalue weighted by Crippen LogP contribution is 2.20. The minimum absolute atomic E-state index is 0.712. The average Bonchev–Trinajstić information content (AvgIpc) is 2.86. The van der Waals surface area contributed by atoms with E-state index in [-0.39, 0.29) is 0 Å². The SMILES string of the molecule is CCC(CC)N(Cc1ccc2c(c1)CNC2)CC(C)C. The van der Waals surface area contributed by atoms with Gasteiger partial charge in [0.25, 0.3) is 0 Å². The minimum Gasteiger partial charge on any atom is -0.309 e. The maximum absolute atomic E-state index is 3.43. The van der Waals surface area contributed by atoms with Gasteiger partial charge in [0.2, 0.25) is 0 Å². The van der Waals surface area contributed by atoms with Gasteiger partial charge in [0.1, 0.15) is 0 Å². The van der Waals surface area contributed by atoms with Crippen molar-refractivity contribution in [2.75, 3.05) is 6.54 Å². The molecule has 0 amide bonds. The first kappa shape index (κ1) is 15.5. The Hall–Kier alpha value is -0.860. The van der Waals surface area contributed by atoms with Gasteiger partial charge in [0.05, 0.1) is 0 Å². The van der Waals surface area contributed by atoms with Crippen molar-refractivity contribution in [3.8, 4) is 0 Å². The molecule has 0 spiro atoms. The van der Waals surface area contributed by atoms with Crippen LogP contribution in [0.2, 0.25) is 0 Å². The van der Waals surface area contributed by atoms with Gasteiger partial charge >= 0.3 is 0 Å². The fourth-order valence-electron chi connectivity index (χ4n) is 3.30. The van der Waals surface area contributed by atoms with Crippen LogP contribution in [0.15, 0.2) is 18.2 Å². The Morgan fingerprint density at radius 1 is 1.10 bits per heavy atom. The molecule has 1 aromatic carbocycles. The first-order valence-corrected chi connectivity index (χ1v) is 8.19. The molecule has 0 unspecified atom stereocenters. The van der Waals surface area contributed by atoms with Crippen molar-refractivity contribution in [3.63, 3.8) is 0 Å². The molecule has 1 aliphatic rings. The van der Waals surface area contributed by atoms with Gasteiger partial charge in [0, 0.05) is 32.2 Å². The van der Waals surface area contributed by atoms with Crippen LogP contribution in [0.1, 0.15) is 57.2 Å². The Kier molecular flexibility index (Phi) is 5.62. The Labute approximate surface area is 124 Å². The molecule has 0 aliphatic carbocycles. The third kappa shape index (κ3) is 3.83. The number of hydrogen-bond acceptors (Lipinski definition) is 2. The minimum atomic E-state index is 0.712. The van der Waals surface area contributed by atoms with Crippen molar-refractivity contribution < 1.29 is 0 Å². The summed E-state index contributed by atoms with van der Waals surface area (Å²) in [5.74, 6) is 0.728. The molecule has 0 radical (unpaired) electrons. The van der Waals surface area contributed by atoms with E-state index in [1.54, 1.807) is 0 Å². The molecule has 0 atom stereocenters. The molecule has 0 bridgehead atoms. The van der Waals surface area contributed by atoms with Crippen LogP contribution >= 0.6 is 0 Å². The van der Waals surface area contributed by atoms with Gasteiger partial charge in [-0.1, -0.05) is 45.9 Å². The zero-order chi connectivity index (χ0) is 14.5. The summed E-state index contributed by atoms with van der Waals surface area (Å²) < 4.78 is 0. The fraction of sp³-hybridized carbons (Fsp3) is 0.667. The van der Waals surface area contributed by atoms with Crippen molar-refractivity contribution in [2.24, 2.45) is 5.92 Å². The summed E-state index contributed by atoms with van der Waals surface area (Å²) in [4.78, 5) is 2.68. The van der Waals surface area contributed by atoms with Gasteiger partial charge in [-0.15, -0.1) is 0 Å². The molecule has 2 rings (SSSR count). The first-order valence-electron chi connectivity index (χ1n) is 8.19. The molecule has 2 heteroatoms. The third-order valence-corrected chi connectivity index (χ3v) is 4.35. The van der Waals surface area contributed by atoms with Gasteiger partial charge in [0.15, 0.2) is 0 Å². The van der Waals surface area contributed by atoms with Gasteiger partial charge in [-0.3, -0.25) is 4.90 Å². The summed E-state index contributed by atoms with van der Waals surface area (Å²) in [5, 5.41) is 3.43. The molecule has 1 aliphatic heterocycles. The molecule has 20 heavy (non-hydrogen) atoms. The highest BCUT2D eigenvalue weighted by atomic mass is 15.2. The monoisotopic (exact) mass is 274 g/mol. The molecule has 0 fully saturated rings. The molecule has 1 aromatic rings. The van der Waals surface area contributed by atoms with E-state index in [1.165, 1.54) is 36.1 Å². The van der Waals surface area contributed by atoms with E-state index in [1.807, 2.05) is 0 Å². The van der Waals surface area contributed by atoms with Gasteiger partial charge in [-0.2, -0.15) is 0 Å². The second-order valence-corrected chi connectivity index (χ2v) is 6.50. The first-order chi connectivity index (χ1) is 9.63. The Balaban J connectivity index is 2.10. The predicted molar refractivity (Wildman–Crippen MR) is 86.6 cm³/mol. The van der Waals surface area contributed by atoms with Crippen LogP contribution in [-0.4, -0.2) is 17.5 Å². The standard InChI is InChI=1S/C18H30N2/c1-5-18(6-2)20(12-14(3)4)13-15-7-8-16-10-19-11-17(16)9-15/h7-9,14,18-19H,5-6,10-13H2,1-4H3. The van der Waals surface area contributed by atoms with Gasteiger partial charge in [-0.05, 0) is 35.4 Å². The van der Waals surface area contributed by atoms with Crippen LogP contribution in [0.25, 0.3) is 0 Å². The second-order valence-electron chi connectivity index (χ2n) is 6.50. The number of hydrogen-bond donors (Lipinski definition) is 1. The molecule has 1 heterocycles. The van der Waals surface area contributed by atoms with Crippen molar-refractivity contribution in [1.29, 1.82) is 0 Å². The second kappa shape index (κ2) is 7.24. The summed E-state index contributed by atoms with van der Waals surface area (Å²) in [7, 11) is 0. The summed E-state index contributed by atoms with van der Waals surface area (Å²) >= 11 is 0. The number of fused-ring (bicyclic) bond motifs is 1. The predicted octanol–water partition coefficient (Wildman–Crippen LogP) is 3.94. The number of rotatable bonds is 7. The molecule has 112 valence electrons. The lowest BCUT2D eigenvalue weighted by atomic mass is 10.0. The Morgan fingerprint density at radius 2 is 1.80 bits per heavy atom. The van der Waals surface area contributed by atoms with Crippen molar-refractivity contribution >= 4 is 0 Å². The smallest absolute Gasteiger partial charge is 0.0236 e. The van der Waals surface area contributed by atoms with Crippen LogP contribution in [-0.2, 0) is 19.6 Å². The van der Waals surface area contributed by atoms with E-state index in [9.17, 15) is 0 Å². The van der Waals surface area contributed by atoms with E-state index < -0.39 is 0 Å². The molecule has 2 nitrogen and oxygen atoms in total. The number of benzene rings is 1. The lowest BCUT2D eigenvalue weighted by Crippen LogP contribution is -2.36. The maximum atomic E-state index is 3.43. The average molecular weight is 274 g/mol. The van der Waals surface area contributed by atoms with Crippen molar-refractivity contribution in [3.05, 3.63) is 34.9 Å². The van der Waals surface area contributed by atoms with Crippen LogP contribution in [0.5, 0.6) is 0 Å². The quantitative estimate of drug-likeness (QED) is 0.810. The number of nitrogens with zero attached hydrogens (tertiary/aromatic N) is 1. The lowest BCUT2D eigenvalue weighted by molar-refractivity contribution is 0.157. The Bertz CT molecular complexity index is 421. The largest absolute Gasteiger partial charge is 0.309 e. The zero-order valence-electron chi connectivity index (χ0n) is 13.6. The van der Waals surface area contributed by atoms with E-state index in [4.69, 9.17) is 0 Å². The van der Waals surface area contributed by atoms with Crippen molar-refractivity contribution in [2.45, 2.75) is 66.2 Å². The Morgan fingerprint density at radius 3 is 2.45 bits per heavy atom. The molecule has 0 aromatic heterocycles. The molecular weight excluding hydrogens is 244 g/mol. The fourth-order valence-corrected chi connectivity index (χ4v) is 3.30. The van der Waals surface area contributed by atoms with Gasteiger partial charge in [-0.25, -0.2) is 0 Å². The highest BCUT2D eigenvalue weighted by molar-refractivity contribution is 5.34. The molecular formula is C18H30N2. The summed E-state index contributed by atoms with van der Waals surface area (Å²) in [6, 6.07) is 7.75. The maximum Gasteiger partial charge on any atom is 0.0236 e. The van der Waals surface area contributed by atoms with Crippen molar-refractivity contribution in [1.82, 2.24) is 10.2 Å². The molecule has 0 saturated heterocycles. The van der Waals surface area contributed by atoms with Gasteiger partial charge < -0.3 is 5.32 Å². The summed E-state index contributed by atoms with van der Waals surface area (Å²) in [6.45, 7) is 13.6. The zero-order valence-corrected chi connectivity index (χ0v) is 13.6. The van der Waals surface area contributed by atoms with Crippen LogP contribution in [0, 0.1) is 5.92 Å². The summed E-state index contributed by atoms with van der Waals surface area (Å²) in [6.07, 6.45) is 2.49. The van der Waals surface area contributed by atoms with E-state index in [0.717, 1.165) is 25.6 Å².